The molecule has 0 atom stereocenters. The van der Waals surface area contributed by atoms with Gasteiger partial charge < -0.3 is 19.5 Å². The third-order valence-electron chi connectivity index (χ3n) is 6.00. The number of hydrogen-bond acceptors (Lipinski definition) is 7. The predicted molar refractivity (Wildman–Crippen MR) is 112 cm³/mol. The van der Waals surface area contributed by atoms with Gasteiger partial charge >= 0.3 is 0 Å². The molecule has 7 nitrogen and oxygen atoms in total. The van der Waals surface area contributed by atoms with E-state index in [1.807, 2.05) is 6.07 Å². The normalized spacial score (nSPS) is 18.9. The molecule has 158 valence electrons. The van der Waals surface area contributed by atoms with Crippen LogP contribution in [0.15, 0.2) is 28.8 Å². The van der Waals surface area contributed by atoms with Crippen molar-refractivity contribution in [2.75, 3.05) is 31.2 Å². The van der Waals surface area contributed by atoms with Gasteiger partial charge in [-0.05, 0) is 56.9 Å². The Hall–Kier alpha value is -2.58. The molecule has 0 aliphatic carbocycles. The second kappa shape index (κ2) is 8.28. The van der Waals surface area contributed by atoms with Crippen LogP contribution in [0.4, 0.5) is 10.2 Å². The maximum Gasteiger partial charge on any atom is 0.261 e. The first-order valence-corrected chi connectivity index (χ1v) is 10.7. The van der Waals surface area contributed by atoms with E-state index in [0.29, 0.717) is 23.8 Å². The van der Waals surface area contributed by atoms with E-state index in [1.165, 1.54) is 12.1 Å². The summed E-state index contributed by atoms with van der Waals surface area (Å²) in [6, 6.07) is 7.62. The number of aromatic nitrogens is 3. The molecule has 1 aromatic carbocycles. The Kier molecular flexibility index (Phi) is 5.35. The highest BCUT2D eigenvalue weighted by atomic mass is 19.1. The minimum Gasteiger partial charge on any atom is -0.381 e. The number of rotatable bonds is 4. The largest absolute Gasteiger partial charge is 0.381 e. The highest BCUT2D eigenvalue weighted by molar-refractivity contribution is 5.88. The van der Waals surface area contributed by atoms with Gasteiger partial charge in [0.2, 0.25) is 0 Å². The first kappa shape index (κ1) is 19.4. The highest BCUT2D eigenvalue weighted by Crippen LogP contribution is 2.33. The van der Waals surface area contributed by atoms with Gasteiger partial charge in [0, 0.05) is 43.8 Å². The van der Waals surface area contributed by atoms with Crippen LogP contribution in [0.3, 0.4) is 0 Å². The number of aryl methyl sites for hydroxylation is 1. The number of hydrogen-bond donors (Lipinski definition) is 1. The molecule has 2 fully saturated rings. The van der Waals surface area contributed by atoms with Crippen molar-refractivity contribution in [2.24, 2.45) is 0 Å². The minimum absolute atomic E-state index is 0.287. The summed E-state index contributed by atoms with van der Waals surface area (Å²) in [6.07, 6.45) is 4.26. The molecule has 2 saturated heterocycles. The maximum atomic E-state index is 13.8. The molecule has 0 amide bonds. The molecular weight excluding hydrogens is 385 g/mol. The van der Waals surface area contributed by atoms with Gasteiger partial charge in [-0.25, -0.2) is 9.37 Å². The summed E-state index contributed by atoms with van der Waals surface area (Å²) in [5.41, 5.74) is 1.51. The zero-order valence-corrected chi connectivity index (χ0v) is 17.1. The molecule has 0 saturated carbocycles. The van der Waals surface area contributed by atoms with E-state index >= 15 is 0 Å². The van der Waals surface area contributed by atoms with Crippen LogP contribution in [-0.2, 0) is 4.74 Å². The molecule has 0 radical (unpaired) electrons. The van der Waals surface area contributed by atoms with Crippen molar-refractivity contribution in [2.45, 2.75) is 44.7 Å². The molecule has 8 heteroatoms. The number of piperidine rings is 1. The number of fused-ring (bicyclic) bond motifs is 1. The lowest BCUT2D eigenvalue weighted by Gasteiger charge is -2.36. The average Bonchev–Trinajstić information content (AvgIpc) is 3.20. The van der Waals surface area contributed by atoms with Crippen LogP contribution in [-0.4, -0.2) is 53.5 Å². The molecular formula is C22H26FN5O2. The maximum absolute atomic E-state index is 13.8. The van der Waals surface area contributed by atoms with Gasteiger partial charge in [-0.15, -0.1) is 0 Å². The summed E-state index contributed by atoms with van der Waals surface area (Å²) < 4.78 is 24.7. The van der Waals surface area contributed by atoms with Crippen LogP contribution in [0, 0.1) is 12.7 Å². The van der Waals surface area contributed by atoms with Crippen LogP contribution < -0.4 is 10.2 Å². The topological polar surface area (TPSA) is 76.3 Å². The Morgan fingerprint density at radius 2 is 1.80 bits per heavy atom. The van der Waals surface area contributed by atoms with Crippen molar-refractivity contribution >= 4 is 16.7 Å². The van der Waals surface area contributed by atoms with Crippen molar-refractivity contribution in [3.8, 4) is 11.5 Å². The summed E-state index contributed by atoms with van der Waals surface area (Å²) in [6.45, 7) is 5.27. The fourth-order valence-corrected chi connectivity index (χ4v) is 4.40. The lowest BCUT2D eigenvalue weighted by molar-refractivity contribution is 0.0738. The Labute approximate surface area is 174 Å². The quantitative estimate of drug-likeness (QED) is 0.704. The van der Waals surface area contributed by atoms with E-state index in [9.17, 15) is 4.39 Å². The van der Waals surface area contributed by atoms with Gasteiger partial charge in [0.25, 0.3) is 5.89 Å². The number of pyridine rings is 1. The zero-order valence-electron chi connectivity index (χ0n) is 17.1. The van der Waals surface area contributed by atoms with E-state index in [0.717, 1.165) is 74.3 Å². The lowest BCUT2D eigenvalue weighted by Crippen LogP contribution is -2.48. The fraction of sp³-hybridized carbons (Fsp3) is 0.500. The summed E-state index contributed by atoms with van der Waals surface area (Å²) in [7, 11) is 0. The number of nitrogens with zero attached hydrogens (tertiary/aromatic N) is 4. The van der Waals surface area contributed by atoms with Gasteiger partial charge in [-0.3, -0.25) is 0 Å². The smallest absolute Gasteiger partial charge is 0.261 e. The summed E-state index contributed by atoms with van der Waals surface area (Å²) in [5, 5.41) is 8.46. The molecule has 0 unspecified atom stereocenters. The third-order valence-corrected chi connectivity index (χ3v) is 6.00. The first-order chi connectivity index (χ1) is 14.7. The van der Waals surface area contributed by atoms with Gasteiger partial charge in [0.05, 0.1) is 11.1 Å². The molecule has 0 bridgehead atoms. The minimum atomic E-state index is -0.287. The highest BCUT2D eigenvalue weighted by Gasteiger charge is 2.26. The zero-order chi connectivity index (χ0) is 20.5. The van der Waals surface area contributed by atoms with E-state index in [1.54, 1.807) is 13.0 Å². The van der Waals surface area contributed by atoms with Crippen LogP contribution in [0.5, 0.6) is 0 Å². The number of benzene rings is 1. The van der Waals surface area contributed by atoms with E-state index in [2.05, 4.69) is 20.4 Å². The molecule has 2 aliphatic rings. The fourth-order valence-electron chi connectivity index (χ4n) is 4.40. The monoisotopic (exact) mass is 411 g/mol. The molecule has 30 heavy (non-hydrogen) atoms. The molecule has 0 spiro atoms. The molecule has 5 rings (SSSR count). The van der Waals surface area contributed by atoms with Crippen LogP contribution in [0.1, 0.15) is 31.5 Å². The van der Waals surface area contributed by atoms with Gasteiger partial charge in [0.1, 0.15) is 11.6 Å². The summed E-state index contributed by atoms with van der Waals surface area (Å²) >= 11 is 0. The van der Waals surface area contributed by atoms with Crippen LogP contribution in [0.2, 0.25) is 0 Å². The number of ether oxygens (including phenoxy) is 1. The van der Waals surface area contributed by atoms with Crippen LogP contribution >= 0.6 is 0 Å². The predicted octanol–water partition coefficient (Wildman–Crippen LogP) is 3.47. The van der Waals surface area contributed by atoms with Crippen molar-refractivity contribution < 1.29 is 13.7 Å². The second-order valence-electron chi connectivity index (χ2n) is 8.16. The summed E-state index contributed by atoms with van der Waals surface area (Å²) in [5.74, 6) is 1.52. The third kappa shape index (κ3) is 4.02. The van der Waals surface area contributed by atoms with E-state index in [-0.39, 0.29) is 5.82 Å². The summed E-state index contributed by atoms with van der Waals surface area (Å²) in [4.78, 5) is 11.5. The van der Waals surface area contributed by atoms with Gasteiger partial charge in [-0.1, -0.05) is 5.16 Å². The van der Waals surface area contributed by atoms with Crippen molar-refractivity contribution in [3.05, 3.63) is 35.9 Å². The Balaban J connectivity index is 1.40. The SMILES string of the molecule is Cc1noc(-c2cc3cc(F)ccc3nc2N2CCC(NC3CCOCC3)CC2)n1. The Morgan fingerprint density at radius 3 is 2.53 bits per heavy atom. The van der Waals surface area contributed by atoms with Gasteiger partial charge in [0.15, 0.2) is 5.82 Å². The van der Waals surface area contributed by atoms with E-state index < -0.39 is 0 Å². The average molecular weight is 411 g/mol. The molecule has 2 aromatic heterocycles. The van der Waals surface area contributed by atoms with Crippen molar-refractivity contribution in [3.63, 3.8) is 0 Å². The van der Waals surface area contributed by atoms with Crippen LogP contribution in [0.25, 0.3) is 22.4 Å². The van der Waals surface area contributed by atoms with E-state index in [4.69, 9.17) is 14.2 Å². The molecule has 2 aliphatic heterocycles. The van der Waals surface area contributed by atoms with Gasteiger partial charge in [-0.2, -0.15) is 4.98 Å². The molecule has 3 aromatic rings. The molecule has 1 N–H and O–H groups in total. The standard InChI is InChI=1S/C22H26FN5O2/c1-14-24-22(30-27-14)19-13-15-12-16(23)2-3-20(15)26-21(19)28-8-4-17(5-9-28)25-18-6-10-29-11-7-18/h2-3,12-13,17-18,25H,4-11H2,1H3. The van der Waals surface area contributed by atoms with Crippen molar-refractivity contribution in [1.82, 2.24) is 20.4 Å². The second-order valence-corrected chi connectivity index (χ2v) is 8.16. The first-order valence-electron chi connectivity index (χ1n) is 10.7. The lowest BCUT2D eigenvalue weighted by atomic mass is 10.0. The number of nitrogens with one attached hydrogen (secondary N) is 1. The molecule has 4 heterocycles. The number of halogens is 1. The number of anilines is 1. The Morgan fingerprint density at radius 1 is 1.03 bits per heavy atom. The van der Waals surface area contributed by atoms with Crippen molar-refractivity contribution in [1.29, 1.82) is 0 Å². The Bertz CT molecular complexity index is 1030.